The minimum Gasteiger partial charge on any atom is -0.494 e. The van der Waals surface area contributed by atoms with Crippen molar-refractivity contribution < 1.29 is 14.3 Å². The third-order valence-corrected chi connectivity index (χ3v) is 5.06. The largest absolute Gasteiger partial charge is 0.494 e. The van der Waals surface area contributed by atoms with Crippen molar-refractivity contribution in [1.82, 2.24) is 9.97 Å². The van der Waals surface area contributed by atoms with Crippen LogP contribution >= 0.6 is 11.3 Å². The number of anilines is 1. The van der Waals surface area contributed by atoms with Crippen LogP contribution in [0.1, 0.15) is 24.2 Å². The Balaban J connectivity index is 1.63. The van der Waals surface area contributed by atoms with E-state index in [0.717, 1.165) is 26.9 Å². The maximum Gasteiger partial charge on any atom is 0.257 e. The molecule has 6 nitrogen and oxygen atoms in total. The van der Waals surface area contributed by atoms with Gasteiger partial charge in [-0.05, 0) is 50.2 Å². The fourth-order valence-corrected chi connectivity index (χ4v) is 3.85. The number of nitrogens with one attached hydrogen (secondary N) is 1. The van der Waals surface area contributed by atoms with Crippen molar-refractivity contribution in [2.45, 2.75) is 20.0 Å². The number of methoxy groups -OCH3 is 1. The Bertz CT molecular complexity index is 1150. The van der Waals surface area contributed by atoms with Crippen molar-refractivity contribution >= 4 is 43.5 Å². The van der Waals surface area contributed by atoms with Gasteiger partial charge in [-0.25, -0.2) is 4.98 Å². The molecule has 0 fully saturated rings. The molecule has 4 rings (SSSR count). The first-order chi connectivity index (χ1) is 13.5. The lowest BCUT2D eigenvalue weighted by molar-refractivity contribution is 0.102. The number of rotatable bonds is 5. The molecule has 0 radical (unpaired) electrons. The van der Waals surface area contributed by atoms with Gasteiger partial charge in [0.25, 0.3) is 5.91 Å². The van der Waals surface area contributed by atoms with Crippen LogP contribution in [0.25, 0.3) is 21.1 Å². The Morgan fingerprint density at radius 1 is 1.14 bits per heavy atom. The van der Waals surface area contributed by atoms with E-state index >= 15 is 0 Å². The number of hydrogen-bond acceptors (Lipinski definition) is 6. The van der Waals surface area contributed by atoms with E-state index < -0.39 is 0 Å². The summed E-state index contributed by atoms with van der Waals surface area (Å²) in [5.41, 5.74) is 2.09. The van der Waals surface area contributed by atoms with Gasteiger partial charge >= 0.3 is 0 Å². The van der Waals surface area contributed by atoms with Crippen LogP contribution in [0.5, 0.6) is 11.5 Å². The summed E-state index contributed by atoms with van der Waals surface area (Å²) in [6.45, 7) is 3.92. The van der Waals surface area contributed by atoms with Crippen LogP contribution in [-0.2, 0) is 0 Å². The van der Waals surface area contributed by atoms with Crippen LogP contribution in [0.2, 0.25) is 0 Å². The van der Waals surface area contributed by atoms with Crippen LogP contribution in [0, 0.1) is 0 Å². The Kier molecular flexibility index (Phi) is 4.83. The highest BCUT2D eigenvalue weighted by atomic mass is 32.1. The van der Waals surface area contributed by atoms with Gasteiger partial charge in [0.15, 0.2) is 5.13 Å². The van der Waals surface area contributed by atoms with Crippen molar-refractivity contribution in [3.63, 3.8) is 0 Å². The van der Waals surface area contributed by atoms with Gasteiger partial charge in [0.1, 0.15) is 17.0 Å². The Morgan fingerprint density at radius 3 is 2.64 bits per heavy atom. The molecule has 0 unspecified atom stereocenters. The van der Waals surface area contributed by atoms with Gasteiger partial charge < -0.3 is 9.47 Å². The fraction of sp³-hybridized carbons (Fsp3) is 0.190. The highest BCUT2D eigenvalue weighted by Gasteiger charge is 2.15. The first kappa shape index (κ1) is 18.2. The van der Waals surface area contributed by atoms with Crippen molar-refractivity contribution in [2.75, 3.05) is 12.4 Å². The van der Waals surface area contributed by atoms with Gasteiger partial charge in [0, 0.05) is 23.2 Å². The highest BCUT2D eigenvalue weighted by Crippen LogP contribution is 2.36. The smallest absolute Gasteiger partial charge is 0.257 e. The molecule has 0 aliphatic heterocycles. The van der Waals surface area contributed by atoms with Crippen molar-refractivity contribution in [3.05, 3.63) is 54.2 Å². The van der Waals surface area contributed by atoms with E-state index in [1.165, 1.54) is 11.3 Å². The number of aromatic nitrogens is 2. The van der Waals surface area contributed by atoms with Gasteiger partial charge in [-0.15, -0.1) is 0 Å². The molecule has 0 spiro atoms. The molecular weight excluding hydrogens is 374 g/mol. The summed E-state index contributed by atoms with van der Waals surface area (Å²) in [6, 6.07) is 12.8. The van der Waals surface area contributed by atoms with Crippen molar-refractivity contribution in [2.24, 2.45) is 0 Å². The maximum absolute atomic E-state index is 12.6. The van der Waals surface area contributed by atoms with Crippen LogP contribution < -0.4 is 14.8 Å². The lowest BCUT2D eigenvalue weighted by Crippen LogP contribution is -2.12. The lowest BCUT2D eigenvalue weighted by Gasteiger charge is -2.09. The number of ether oxygens (including phenoxy) is 2. The summed E-state index contributed by atoms with van der Waals surface area (Å²) >= 11 is 1.40. The molecule has 0 aliphatic rings. The van der Waals surface area contributed by atoms with E-state index in [1.807, 2.05) is 32.0 Å². The summed E-state index contributed by atoms with van der Waals surface area (Å²) in [4.78, 5) is 21.6. The average molecular weight is 393 g/mol. The Morgan fingerprint density at radius 2 is 1.93 bits per heavy atom. The molecule has 4 aromatic rings. The monoisotopic (exact) mass is 393 g/mol. The fourth-order valence-electron chi connectivity index (χ4n) is 2.94. The van der Waals surface area contributed by atoms with Gasteiger partial charge in [0.2, 0.25) is 0 Å². The van der Waals surface area contributed by atoms with E-state index in [4.69, 9.17) is 9.47 Å². The standard InChI is InChI=1S/C21H19N3O3S/c1-12(2)27-14-8-6-13(7-9-14)20(25)24-21-23-19-15-5-4-10-22-18(15)16(26-3)11-17(19)28-21/h4-12H,1-3H3,(H,23,24,25). The second-order valence-electron chi connectivity index (χ2n) is 6.49. The second-order valence-corrected chi connectivity index (χ2v) is 7.52. The zero-order valence-electron chi connectivity index (χ0n) is 15.7. The molecule has 28 heavy (non-hydrogen) atoms. The number of amides is 1. The summed E-state index contributed by atoms with van der Waals surface area (Å²) < 4.78 is 12.0. The topological polar surface area (TPSA) is 73.3 Å². The molecule has 2 aromatic heterocycles. The van der Waals surface area contributed by atoms with Gasteiger partial charge in [-0.3, -0.25) is 15.1 Å². The van der Waals surface area contributed by atoms with Gasteiger partial charge in [0.05, 0.1) is 23.4 Å². The molecular formula is C21H19N3O3S. The van der Waals surface area contributed by atoms with Crippen LogP contribution in [-0.4, -0.2) is 29.1 Å². The number of hydrogen-bond donors (Lipinski definition) is 1. The van der Waals surface area contributed by atoms with Crippen molar-refractivity contribution in [3.8, 4) is 11.5 Å². The second kappa shape index (κ2) is 7.44. The summed E-state index contributed by atoms with van der Waals surface area (Å²) in [5.74, 6) is 1.20. The molecule has 0 aliphatic carbocycles. The van der Waals surface area contributed by atoms with Crippen molar-refractivity contribution in [1.29, 1.82) is 0 Å². The Hall–Kier alpha value is -3.19. The number of nitrogens with zero attached hydrogens (tertiary/aromatic N) is 2. The van der Waals surface area contributed by atoms with E-state index in [0.29, 0.717) is 16.4 Å². The van der Waals surface area contributed by atoms with Gasteiger partial charge in [-0.2, -0.15) is 0 Å². The predicted molar refractivity (Wildman–Crippen MR) is 112 cm³/mol. The summed E-state index contributed by atoms with van der Waals surface area (Å²) in [7, 11) is 1.62. The lowest BCUT2D eigenvalue weighted by atomic mass is 10.2. The Labute approximate surface area is 166 Å². The van der Waals surface area contributed by atoms with Crippen LogP contribution in [0.3, 0.4) is 0 Å². The zero-order chi connectivity index (χ0) is 19.7. The van der Waals surface area contributed by atoms with Gasteiger partial charge in [-0.1, -0.05) is 11.3 Å². The molecule has 2 heterocycles. The third-order valence-electron chi connectivity index (χ3n) is 4.14. The van der Waals surface area contributed by atoms with E-state index in [2.05, 4.69) is 15.3 Å². The van der Waals surface area contributed by atoms with E-state index in [1.54, 1.807) is 37.6 Å². The molecule has 1 amide bonds. The maximum atomic E-state index is 12.6. The van der Waals surface area contributed by atoms with E-state index in [-0.39, 0.29) is 12.0 Å². The summed E-state index contributed by atoms with van der Waals surface area (Å²) in [6.07, 6.45) is 1.81. The molecule has 7 heteroatoms. The number of pyridine rings is 1. The number of carbonyl (C=O) groups excluding carboxylic acids is 1. The molecule has 0 atom stereocenters. The molecule has 0 saturated carbocycles. The molecule has 0 saturated heterocycles. The highest BCUT2D eigenvalue weighted by molar-refractivity contribution is 7.22. The molecule has 2 aromatic carbocycles. The first-order valence-electron chi connectivity index (χ1n) is 8.85. The minimum atomic E-state index is -0.218. The predicted octanol–water partition coefficient (Wildman–Crippen LogP) is 4.89. The number of thiazole rings is 1. The normalized spacial score (nSPS) is 11.1. The molecule has 0 bridgehead atoms. The molecule has 142 valence electrons. The quantitative estimate of drug-likeness (QED) is 0.522. The zero-order valence-corrected chi connectivity index (χ0v) is 16.5. The van der Waals surface area contributed by atoms with Crippen LogP contribution in [0.15, 0.2) is 48.7 Å². The SMILES string of the molecule is COc1cc2sc(NC(=O)c3ccc(OC(C)C)cc3)nc2c2cccnc12. The first-order valence-corrected chi connectivity index (χ1v) is 9.67. The van der Waals surface area contributed by atoms with E-state index in [9.17, 15) is 4.79 Å². The van der Waals surface area contributed by atoms with Crippen LogP contribution in [0.4, 0.5) is 5.13 Å². The average Bonchev–Trinajstić information content (AvgIpc) is 3.10. The summed E-state index contributed by atoms with van der Waals surface area (Å²) in [5, 5.41) is 4.30. The molecule has 1 N–H and O–H groups in total. The number of carbonyl (C=O) groups is 1. The number of benzene rings is 2. The minimum absolute atomic E-state index is 0.0868. The number of fused-ring (bicyclic) bond motifs is 3. The third kappa shape index (κ3) is 3.48.